The van der Waals surface area contributed by atoms with Crippen molar-refractivity contribution in [3.63, 3.8) is 0 Å². The molecule has 1 heterocycles. The molecule has 0 saturated carbocycles. The Kier molecular flexibility index (Phi) is 3.80. The third-order valence-electron chi connectivity index (χ3n) is 3.61. The Morgan fingerprint density at radius 2 is 1.91 bits per heavy atom. The van der Waals surface area contributed by atoms with Crippen molar-refractivity contribution in [2.24, 2.45) is 0 Å². The summed E-state index contributed by atoms with van der Waals surface area (Å²) in [6.07, 6.45) is 0. The van der Waals surface area contributed by atoms with Crippen molar-refractivity contribution in [1.29, 1.82) is 0 Å². The Balaban J connectivity index is 1.80. The Morgan fingerprint density at radius 3 is 2.70 bits per heavy atom. The van der Waals surface area contributed by atoms with Gasteiger partial charge in [-0.2, -0.15) is 0 Å². The molecule has 0 unspecified atom stereocenters. The summed E-state index contributed by atoms with van der Waals surface area (Å²) in [6, 6.07) is 13.5. The number of ether oxygens (including phenoxy) is 1. The van der Waals surface area contributed by atoms with Crippen LogP contribution in [0.25, 0.3) is 0 Å². The molecule has 116 valence electrons. The number of rotatable bonds is 4. The number of methoxy groups -OCH3 is 1. The first kappa shape index (κ1) is 14.8. The highest BCUT2D eigenvalue weighted by molar-refractivity contribution is 6.47. The average molecular weight is 310 g/mol. The zero-order valence-electron chi connectivity index (χ0n) is 12.3. The second kappa shape index (κ2) is 5.92. The second-order valence-corrected chi connectivity index (χ2v) is 5.06. The lowest BCUT2D eigenvalue weighted by atomic mass is 9.95. The lowest BCUT2D eigenvalue weighted by Gasteiger charge is -2.09. The monoisotopic (exact) mass is 310 g/mol. The van der Waals surface area contributed by atoms with E-state index in [-0.39, 0.29) is 0 Å². The number of benzene rings is 2. The average Bonchev–Trinajstić information content (AvgIpc) is 2.90. The van der Waals surface area contributed by atoms with E-state index in [4.69, 9.17) is 4.74 Å². The van der Waals surface area contributed by atoms with E-state index in [1.807, 2.05) is 0 Å². The quantitative estimate of drug-likeness (QED) is 0.667. The van der Waals surface area contributed by atoms with E-state index in [0.717, 1.165) is 0 Å². The first-order chi connectivity index (χ1) is 11.1. The van der Waals surface area contributed by atoms with Crippen LogP contribution in [0.4, 0.5) is 11.4 Å². The molecule has 2 N–H and O–H groups in total. The minimum Gasteiger partial charge on any atom is -0.497 e. The second-order valence-electron chi connectivity index (χ2n) is 5.06. The third kappa shape index (κ3) is 2.78. The Bertz CT molecular complexity index is 801. The molecule has 1 aliphatic rings. The van der Waals surface area contributed by atoms with Gasteiger partial charge in [0.15, 0.2) is 0 Å². The molecule has 6 heteroatoms. The molecule has 0 saturated heterocycles. The van der Waals surface area contributed by atoms with E-state index in [0.29, 0.717) is 22.7 Å². The fourth-order valence-electron chi connectivity index (χ4n) is 2.49. The van der Waals surface area contributed by atoms with Gasteiger partial charge in [0, 0.05) is 17.4 Å². The molecule has 0 radical (unpaired) electrons. The van der Waals surface area contributed by atoms with Gasteiger partial charge in [-0.05, 0) is 23.8 Å². The smallest absolute Gasteiger partial charge is 0.292 e. The van der Waals surface area contributed by atoms with Crippen LogP contribution in [-0.4, -0.2) is 24.7 Å². The number of para-hydroxylation sites is 1. The number of hydrogen-bond donors (Lipinski definition) is 2. The first-order valence-corrected chi connectivity index (χ1v) is 6.99. The Hall–Kier alpha value is -3.15. The van der Waals surface area contributed by atoms with Crippen molar-refractivity contribution >= 4 is 29.0 Å². The number of amides is 2. The number of anilines is 2. The molecule has 0 spiro atoms. The lowest BCUT2D eigenvalue weighted by molar-refractivity contribution is -0.138. The predicted molar refractivity (Wildman–Crippen MR) is 84.4 cm³/mol. The molecule has 3 rings (SSSR count). The summed E-state index contributed by atoms with van der Waals surface area (Å²) in [7, 11) is 1.51. The maximum Gasteiger partial charge on any atom is 0.292 e. The van der Waals surface area contributed by atoms with E-state index in [1.54, 1.807) is 48.5 Å². The van der Waals surface area contributed by atoms with Gasteiger partial charge in [0.05, 0.1) is 7.11 Å². The van der Waals surface area contributed by atoms with Gasteiger partial charge in [-0.1, -0.05) is 24.3 Å². The molecule has 1 aliphatic heterocycles. The van der Waals surface area contributed by atoms with Gasteiger partial charge >= 0.3 is 0 Å². The van der Waals surface area contributed by atoms with Crippen LogP contribution < -0.4 is 15.4 Å². The third-order valence-corrected chi connectivity index (χ3v) is 3.61. The molecule has 1 atom stereocenters. The summed E-state index contributed by atoms with van der Waals surface area (Å²) in [4.78, 5) is 36.5. The molecule has 2 aromatic rings. The number of hydrogen-bond acceptors (Lipinski definition) is 4. The molecule has 2 aromatic carbocycles. The van der Waals surface area contributed by atoms with Crippen LogP contribution in [0.5, 0.6) is 5.75 Å². The summed E-state index contributed by atoms with van der Waals surface area (Å²) < 4.78 is 5.06. The molecular weight excluding hydrogens is 296 g/mol. The van der Waals surface area contributed by atoms with Crippen molar-refractivity contribution in [3.8, 4) is 5.75 Å². The van der Waals surface area contributed by atoms with E-state index in [9.17, 15) is 14.4 Å². The molecule has 0 bridgehead atoms. The van der Waals surface area contributed by atoms with Crippen LogP contribution in [0.3, 0.4) is 0 Å². The van der Waals surface area contributed by atoms with Crippen molar-refractivity contribution in [3.05, 3.63) is 54.1 Å². The molecule has 23 heavy (non-hydrogen) atoms. The fraction of sp³-hybridized carbons (Fsp3) is 0.118. The van der Waals surface area contributed by atoms with Crippen molar-refractivity contribution < 1.29 is 19.1 Å². The van der Waals surface area contributed by atoms with Gasteiger partial charge < -0.3 is 15.4 Å². The minimum atomic E-state index is -1.11. The molecule has 0 aromatic heterocycles. The van der Waals surface area contributed by atoms with Crippen molar-refractivity contribution in [2.45, 2.75) is 5.92 Å². The topological polar surface area (TPSA) is 84.5 Å². The highest BCUT2D eigenvalue weighted by atomic mass is 16.5. The van der Waals surface area contributed by atoms with Crippen LogP contribution in [0.15, 0.2) is 48.5 Å². The summed E-state index contributed by atoms with van der Waals surface area (Å²) in [5.74, 6) is -2.68. The largest absolute Gasteiger partial charge is 0.497 e. The molecule has 2 amide bonds. The van der Waals surface area contributed by atoms with Crippen LogP contribution in [0.1, 0.15) is 11.5 Å². The van der Waals surface area contributed by atoms with E-state index in [2.05, 4.69) is 10.6 Å². The maximum absolute atomic E-state index is 12.4. The highest BCUT2D eigenvalue weighted by Crippen LogP contribution is 2.33. The van der Waals surface area contributed by atoms with Gasteiger partial charge in [0.25, 0.3) is 5.91 Å². The summed E-state index contributed by atoms with van der Waals surface area (Å²) in [5, 5.41) is 5.10. The summed E-state index contributed by atoms with van der Waals surface area (Å²) in [5.41, 5.74) is 1.50. The van der Waals surface area contributed by atoms with Crippen LogP contribution >= 0.6 is 0 Å². The molecular formula is C17H14N2O4. The number of Topliss-reactive ketones (excluding diaryl/α,β-unsaturated/α-hetero) is 1. The van der Waals surface area contributed by atoms with Crippen LogP contribution in [0, 0.1) is 0 Å². The predicted octanol–water partition coefficient (Wildman–Crippen LogP) is 1.94. The minimum absolute atomic E-state index is 0.425. The van der Waals surface area contributed by atoms with Crippen molar-refractivity contribution in [1.82, 2.24) is 0 Å². The zero-order valence-corrected chi connectivity index (χ0v) is 12.3. The number of carbonyl (C=O) groups excluding carboxylic acids is 3. The molecule has 0 fully saturated rings. The number of nitrogens with one attached hydrogen (secondary N) is 2. The zero-order chi connectivity index (χ0) is 16.4. The summed E-state index contributed by atoms with van der Waals surface area (Å²) in [6.45, 7) is 0. The Labute approximate surface area is 132 Å². The van der Waals surface area contributed by atoms with Crippen LogP contribution in [0.2, 0.25) is 0 Å². The normalized spacial score (nSPS) is 15.5. The number of carbonyl (C=O) groups is 3. The van der Waals surface area contributed by atoms with Gasteiger partial charge in [0.1, 0.15) is 11.7 Å². The van der Waals surface area contributed by atoms with E-state index in [1.165, 1.54) is 7.11 Å². The first-order valence-electron chi connectivity index (χ1n) is 6.99. The standard InChI is InChI=1S/C17H14N2O4/c1-23-11-6-4-5-10(9-11)18-17(22)15(20)14-12-7-2-3-8-13(12)19-16(14)21/h2-9,14H,1H3,(H,18,22)(H,19,21)/t14-/m1/s1. The van der Waals surface area contributed by atoms with Gasteiger partial charge in [-0.15, -0.1) is 0 Å². The molecule has 6 nitrogen and oxygen atoms in total. The summed E-state index contributed by atoms with van der Waals surface area (Å²) >= 11 is 0. The van der Waals surface area contributed by atoms with Gasteiger partial charge in [-0.3, -0.25) is 14.4 Å². The molecule has 0 aliphatic carbocycles. The maximum atomic E-state index is 12.4. The highest BCUT2D eigenvalue weighted by Gasteiger charge is 2.39. The van der Waals surface area contributed by atoms with Crippen molar-refractivity contribution in [2.75, 3.05) is 17.7 Å². The van der Waals surface area contributed by atoms with Gasteiger partial charge in [-0.25, -0.2) is 0 Å². The van der Waals surface area contributed by atoms with Crippen LogP contribution in [-0.2, 0) is 14.4 Å². The van der Waals surface area contributed by atoms with E-state index >= 15 is 0 Å². The lowest BCUT2D eigenvalue weighted by Crippen LogP contribution is -2.31. The Morgan fingerprint density at radius 1 is 1.13 bits per heavy atom. The van der Waals surface area contributed by atoms with Gasteiger partial charge in [0.2, 0.25) is 11.7 Å². The van der Waals surface area contributed by atoms with E-state index < -0.39 is 23.5 Å². The fourth-order valence-corrected chi connectivity index (χ4v) is 2.49. The number of fused-ring (bicyclic) bond motifs is 1. The SMILES string of the molecule is COc1cccc(NC(=O)C(=O)[C@@H]2C(=O)Nc3ccccc32)c1. The number of ketones is 1.